The summed E-state index contributed by atoms with van der Waals surface area (Å²) < 4.78 is 4.27. The van der Waals surface area contributed by atoms with Crippen molar-refractivity contribution in [1.29, 1.82) is 0 Å². The van der Waals surface area contributed by atoms with E-state index >= 15 is 0 Å². The van der Waals surface area contributed by atoms with Crippen LogP contribution in [0.5, 0.6) is 0 Å². The van der Waals surface area contributed by atoms with Crippen LogP contribution in [0.4, 0.5) is 0 Å². The highest BCUT2D eigenvalue weighted by molar-refractivity contribution is 4.65. The van der Waals surface area contributed by atoms with Crippen molar-refractivity contribution in [2.45, 2.75) is 0 Å². The fourth-order valence-corrected chi connectivity index (χ4v) is 0.116. The van der Waals surface area contributed by atoms with Crippen LogP contribution in [-0.4, -0.2) is 10.2 Å². The van der Waals surface area contributed by atoms with Gasteiger partial charge in [0.05, 0.1) is 0 Å². The number of ether oxygens (including phenoxy) is 1. The first-order valence-electron chi connectivity index (χ1n) is 1.65. The molecule has 0 bridgehead atoms. The van der Waals surface area contributed by atoms with Crippen molar-refractivity contribution in [2.75, 3.05) is 0 Å². The van der Waals surface area contributed by atoms with Crippen LogP contribution in [0.1, 0.15) is 0 Å². The van der Waals surface area contributed by atoms with Crippen molar-refractivity contribution in [2.24, 2.45) is 0 Å². The zero-order chi connectivity index (χ0) is 5.54. The van der Waals surface area contributed by atoms with E-state index in [2.05, 4.69) is 4.74 Å². The van der Waals surface area contributed by atoms with Gasteiger partial charge in [0.25, 0.3) is 0 Å². The molecule has 0 amide bonds. The van der Waals surface area contributed by atoms with E-state index in [0.717, 1.165) is 25.0 Å². The second-order valence-corrected chi connectivity index (χ2v) is 0.706. The lowest BCUT2D eigenvalue weighted by Crippen LogP contribution is -1.62. The fraction of sp³-hybridized carbons (Fsp3) is 0. The van der Waals surface area contributed by atoms with E-state index in [-0.39, 0.29) is 0 Å². The molecule has 0 unspecified atom stereocenters. The standard InChI is InChI=1S/C4H6O3/c5-1-3-7-4-2-6/h1-6H/b3-1+,4-2+. The quantitative estimate of drug-likeness (QED) is 0.512. The third-order valence-electron chi connectivity index (χ3n) is 0.279. The molecular weight excluding hydrogens is 96.0 g/mol. The Morgan fingerprint density at radius 1 is 1.00 bits per heavy atom. The third kappa shape index (κ3) is 4.88. The van der Waals surface area contributed by atoms with Gasteiger partial charge in [0.15, 0.2) is 0 Å². The Bertz CT molecular complexity index is 65.0. The Labute approximate surface area is 41.2 Å². The molecule has 0 atom stereocenters. The number of hydrogen-bond donors (Lipinski definition) is 2. The Hall–Kier alpha value is -1.12. The van der Waals surface area contributed by atoms with Gasteiger partial charge in [-0.05, 0) is 0 Å². The second kappa shape index (κ2) is 4.88. The maximum absolute atomic E-state index is 7.87. The molecule has 40 valence electrons. The molecule has 0 aliphatic heterocycles. The van der Waals surface area contributed by atoms with Gasteiger partial charge in [0.1, 0.15) is 25.0 Å². The van der Waals surface area contributed by atoms with Gasteiger partial charge in [-0.1, -0.05) is 0 Å². The minimum absolute atomic E-state index is 0.722. The summed E-state index contributed by atoms with van der Waals surface area (Å²) in [5, 5.41) is 15.7. The topological polar surface area (TPSA) is 49.7 Å². The first-order chi connectivity index (χ1) is 3.41. The van der Waals surface area contributed by atoms with Gasteiger partial charge in [-0.2, -0.15) is 0 Å². The number of hydrogen-bond acceptors (Lipinski definition) is 3. The van der Waals surface area contributed by atoms with Crippen LogP contribution in [0.3, 0.4) is 0 Å². The van der Waals surface area contributed by atoms with Crippen LogP contribution < -0.4 is 0 Å². The molecule has 3 nitrogen and oxygen atoms in total. The predicted molar refractivity (Wildman–Crippen MR) is 24.6 cm³/mol. The summed E-state index contributed by atoms with van der Waals surface area (Å²) in [6, 6.07) is 0. The second-order valence-electron chi connectivity index (χ2n) is 0.706. The van der Waals surface area contributed by atoms with Crippen LogP contribution in [0.15, 0.2) is 25.0 Å². The average Bonchev–Trinajstić information content (AvgIpc) is 1.69. The lowest BCUT2D eigenvalue weighted by atomic mass is 11.0. The molecular formula is C4H6O3. The van der Waals surface area contributed by atoms with Gasteiger partial charge >= 0.3 is 0 Å². The van der Waals surface area contributed by atoms with E-state index in [1.54, 1.807) is 0 Å². The van der Waals surface area contributed by atoms with Crippen molar-refractivity contribution in [3.63, 3.8) is 0 Å². The Kier molecular flexibility index (Phi) is 4.10. The Balaban J connectivity index is 2.98. The van der Waals surface area contributed by atoms with Gasteiger partial charge in [-0.15, -0.1) is 0 Å². The van der Waals surface area contributed by atoms with Crippen LogP contribution in [0.2, 0.25) is 0 Å². The van der Waals surface area contributed by atoms with E-state index in [9.17, 15) is 0 Å². The molecule has 0 spiro atoms. The highest BCUT2D eigenvalue weighted by Crippen LogP contribution is 1.73. The van der Waals surface area contributed by atoms with Crippen molar-refractivity contribution in [1.82, 2.24) is 0 Å². The van der Waals surface area contributed by atoms with Gasteiger partial charge in [0, 0.05) is 0 Å². The zero-order valence-corrected chi connectivity index (χ0v) is 3.61. The van der Waals surface area contributed by atoms with Crippen molar-refractivity contribution in [3.8, 4) is 0 Å². The van der Waals surface area contributed by atoms with E-state index in [0.29, 0.717) is 0 Å². The highest BCUT2D eigenvalue weighted by atomic mass is 16.5. The van der Waals surface area contributed by atoms with E-state index < -0.39 is 0 Å². The summed E-state index contributed by atoms with van der Waals surface area (Å²) in [7, 11) is 0. The third-order valence-corrected chi connectivity index (χ3v) is 0.279. The summed E-state index contributed by atoms with van der Waals surface area (Å²) in [4.78, 5) is 0. The summed E-state index contributed by atoms with van der Waals surface area (Å²) in [6.45, 7) is 0. The largest absolute Gasteiger partial charge is 0.512 e. The summed E-state index contributed by atoms with van der Waals surface area (Å²) in [5.41, 5.74) is 0. The van der Waals surface area contributed by atoms with Crippen LogP contribution in [0, 0.1) is 0 Å². The zero-order valence-electron chi connectivity index (χ0n) is 3.61. The maximum atomic E-state index is 7.87. The summed E-state index contributed by atoms with van der Waals surface area (Å²) in [6.07, 6.45) is 3.49. The number of aliphatic hydroxyl groups is 2. The van der Waals surface area contributed by atoms with E-state index in [1.807, 2.05) is 0 Å². The lowest BCUT2D eigenvalue weighted by molar-refractivity contribution is 0.346. The molecule has 2 N–H and O–H groups in total. The Morgan fingerprint density at radius 2 is 1.43 bits per heavy atom. The average molecular weight is 102 g/mol. The fourth-order valence-electron chi connectivity index (χ4n) is 0.116. The maximum Gasteiger partial charge on any atom is 0.124 e. The molecule has 0 aliphatic carbocycles. The minimum atomic E-state index is 0.722. The first kappa shape index (κ1) is 5.88. The molecule has 0 saturated heterocycles. The van der Waals surface area contributed by atoms with Crippen molar-refractivity contribution < 1.29 is 14.9 Å². The number of aliphatic hydroxyl groups excluding tert-OH is 2. The summed E-state index contributed by atoms with van der Waals surface area (Å²) in [5.74, 6) is 0. The van der Waals surface area contributed by atoms with Crippen LogP contribution >= 0.6 is 0 Å². The molecule has 0 heterocycles. The van der Waals surface area contributed by atoms with Crippen LogP contribution in [-0.2, 0) is 4.74 Å². The van der Waals surface area contributed by atoms with Crippen LogP contribution in [0.25, 0.3) is 0 Å². The summed E-state index contributed by atoms with van der Waals surface area (Å²) >= 11 is 0. The van der Waals surface area contributed by atoms with E-state index in [1.165, 1.54) is 0 Å². The van der Waals surface area contributed by atoms with Crippen molar-refractivity contribution in [3.05, 3.63) is 25.0 Å². The Morgan fingerprint density at radius 3 is 1.71 bits per heavy atom. The van der Waals surface area contributed by atoms with E-state index in [4.69, 9.17) is 10.2 Å². The smallest absolute Gasteiger partial charge is 0.124 e. The molecule has 0 aromatic rings. The monoisotopic (exact) mass is 102 g/mol. The molecule has 3 heteroatoms. The van der Waals surface area contributed by atoms with Gasteiger partial charge < -0.3 is 14.9 Å². The number of rotatable bonds is 2. The van der Waals surface area contributed by atoms with Crippen molar-refractivity contribution >= 4 is 0 Å². The molecule has 0 aromatic heterocycles. The molecule has 0 radical (unpaired) electrons. The highest BCUT2D eigenvalue weighted by Gasteiger charge is 1.60. The normalized spacial score (nSPS) is 10.9. The minimum Gasteiger partial charge on any atom is -0.512 e. The molecule has 0 fully saturated rings. The predicted octanol–water partition coefficient (Wildman–Crippen LogP) is 1.06. The molecule has 7 heavy (non-hydrogen) atoms. The van der Waals surface area contributed by atoms with Gasteiger partial charge in [-0.3, -0.25) is 0 Å². The molecule has 0 aliphatic rings. The molecule has 0 aromatic carbocycles. The SMILES string of the molecule is O/C=C/O/C=C/O. The lowest BCUT2D eigenvalue weighted by Gasteiger charge is -1.80. The van der Waals surface area contributed by atoms with Gasteiger partial charge in [-0.25, -0.2) is 0 Å². The molecule has 0 rings (SSSR count). The first-order valence-corrected chi connectivity index (χ1v) is 1.65. The molecule has 0 saturated carbocycles. The van der Waals surface area contributed by atoms with Gasteiger partial charge in [0.2, 0.25) is 0 Å².